The van der Waals surface area contributed by atoms with Gasteiger partial charge in [-0.15, -0.1) is 40.5 Å². The number of fused-ring (bicyclic) bond motifs is 3. The summed E-state index contributed by atoms with van der Waals surface area (Å²) in [5.41, 5.74) is 7.55. The van der Waals surface area contributed by atoms with Crippen LogP contribution >= 0.6 is 11.3 Å². The molecule has 6 aromatic rings. The molecular formula is C50H62IrNO3S-. The maximum absolute atomic E-state index is 12.2. The molecule has 0 unspecified atom stereocenters. The Morgan fingerprint density at radius 3 is 2.14 bits per heavy atom. The van der Waals surface area contributed by atoms with Crippen LogP contribution in [0.15, 0.2) is 77.0 Å². The summed E-state index contributed by atoms with van der Waals surface area (Å²) >= 11 is 1.83. The Morgan fingerprint density at radius 1 is 0.893 bits per heavy atom. The van der Waals surface area contributed by atoms with Gasteiger partial charge in [-0.2, -0.15) is 0 Å². The first-order chi connectivity index (χ1) is 25.9. The van der Waals surface area contributed by atoms with Gasteiger partial charge in [0.2, 0.25) is 0 Å². The predicted molar refractivity (Wildman–Crippen MR) is 236 cm³/mol. The minimum Gasteiger partial charge on any atom is -0.512 e. The molecular weight excluding hydrogens is 887 g/mol. The Kier molecular flexibility index (Phi) is 14.4. The third-order valence-electron chi connectivity index (χ3n) is 12.1. The van der Waals surface area contributed by atoms with Crippen LogP contribution in [0.1, 0.15) is 124 Å². The van der Waals surface area contributed by atoms with E-state index in [1.807, 2.05) is 59.1 Å². The number of rotatable bonds is 11. The second-order valence-corrected chi connectivity index (χ2v) is 18.4. The molecule has 0 spiro atoms. The van der Waals surface area contributed by atoms with E-state index in [-0.39, 0.29) is 47.9 Å². The Bertz CT molecular complexity index is 2340. The van der Waals surface area contributed by atoms with E-state index in [1.54, 1.807) is 0 Å². The SMILES string of the molecule is CCC(C)(CC)C(=O)/C=C(\O)C(C)(CC)CC.Cc1oc2cc(CC(C)C)ccc2c1-c1sc2ccnc(-c3[c-]c4ccccc4c(C(C)(C)C)c3)c2c1C.[Ir]. The number of pyridine rings is 1. The molecule has 56 heavy (non-hydrogen) atoms. The zero-order valence-electron chi connectivity index (χ0n) is 35.9. The van der Waals surface area contributed by atoms with Crippen LogP contribution in [0.25, 0.3) is 53.5 Å². The van der Waals surface area contributed by atoms with Gasteiger partial charge < -0.3 is 9.52 Å². The fourth-order valence-corrected chi connectivity index (χ4v) is 8.75. The average molecular weight is 949 g/mol. The molecule has 4 nitrogen and oxygen atoms in total. The number of aliphatic hydroxyl groups excluding tert-OH is 1. The van der Waals surface area contributed by atoms with Gasteiger partial charge in [0.25, 0.3) is 0 Å². The molecule has 0 atom stereocenters. The van der Waals surface area contributed by atoms with E-state index in [4.69, 9.17) is 9.40 Å². The number of ketones is 1. The van der Waals surface area contributed by atoms with Crippen molar-refractivity contribution in [1.29, 1.82) is 0 Å². The van der Waals surface area contributed by atoms with E-state index in [0.29, 0.717) is 5.92 Å². The van der Waals surface area contributed by atoms with E-state index in [0.717, 1.165) is 60.1 Å². The number of aryl methyl sites for hydroxylation is 2. The number of hydrogen-bond acceptors (Lipinski definition) is 5. The van der Waals surface area contributed by atoms with Crippen LogP contribution in [0.4, 0.5) is 0 Å². The van der Waals surface area contributed by atoms with E-state index in [9.17, 15) is 9.90 Å². The van der Waals surface area contributed by atoms with E-state index in [1.165, 1.54) is 54.1 Å². The molecule has 3 heterocycles. The second-order valence-electron chi connectivity index (χ2n) is 17.4. The van der Waals surface area contributed by atoms with Gasteiger partial charge in [-0.25, -0.2) is 0 Å². The molecule has 0 saturated heterocycles. The number of furan rings is 1. The van der Waals surface area contributed by atoms with Gasteiger partial charge in [0.05, 0.1) is 0 Å². The molecule has 0 amide bonds. The molecule has 0 aliphatic heterocycles. The first kappa shape index (κ1) is 45.1. The maximum Gasteiger partial charge on any atom is 0.164 e. The van der Waals surface area contributed by atoms with Gasteiger partial charge in [-0.3, -0.25) is 9.78 Å². The number of benzene rings is 3. The van der Waals surface area contributed by atoms with Gasteiger partial charge in [0.15, 0.2) is 5.78 Å². The van der Waals surface area contributed by atoms with E-state index < -0.39 is 0 Å². The van der Waals surface area contributed by atoms with Crippen LogP contribution in [-0.4, -0.2) is 15.9 Å². The van der Waals surface area contributed by atoms with Crippen LogP contribution in [0.5, 0.6) is 0 Å². The smallest absolute Gasteiger partial charge is 0.164 e. The molecule has 1 N–H and O–H groups in total. The zero-order valence-corrected chi connectivity index (χ0v) is 39.1. The quantitative estimate of drug-likeness (QED) is 0.0798. The van der Waals surface area contributed by atoms with Crippen molar-refractivity contribution in [3.8, 4) is 21.7 Å². The van der Waals surface area contributed by atoms with Crippen LogP contribution < -0.4 is 0 Å². The number of thiophene rings is 1. The molecule has 6 rings (SSSR count). The molecule has 6 heteroatoms. The zero-order chi connectivity index (χ0) is 40.5. The third kappa shape index (κ3) is 9.09. The molecule has 0 aliphatic rings. The maximum atomic E-state index is 12.2. The molecule has 3 aromatic heterocycles. The normalized spacial score (nSPS) is 12.6. The first-order valence-electron chi connectivity index (χ1n) is 20.2. The van der Waals surface area contributed by atoms with Gasteiger partial charge in [-0.05, 0) is 85.9 Å². The molecule has 1 radical (unpaired) electrons. The number of allylic oxidation sites excluding steroid dienone is 2. The van der Waals surface area contributed by atoms with Crippen LogP contribution in [-0.2, 0) is 36.7 Å². The Balaban J connectivity index is 0.000000330. The van der Waals surface area contributed by atoms with Crippen LogP contribution in [0.3, 0.4) is 0 Å². The molecule has 0 aliphatic carbocycles. The minimum absolute atomic E-state index is 0. The van der Waals surface area contributed by atoms with Crippen molar-refractivity contribution in [1.82, 2.24) is 4.98 Å². The number of aliphatic hydroxyl groups is 1. The van der Waals surface area contributed by atoms with Gasteiger partial charge in [-0.1, -0.05) is 117 Å². The summed E-state index contributed by atoms with van der Waals surface area (Å²) in [6, 6.07) is 23.4. The Hall–Kier alpha value is -3.57. The summed E-state index contributed by atoms with van der Waals surface area (Å²) in [6.45, 7) is 27.8. The van der Waals surface area contributed by atoms with Gasteiger partial charge in [0, 0.05) is 69.4 Å². The van der Waals surface area contributed by atoms with Crippen molar-refractivity contribution < 1.29 is 34.4 Å². The standard InChI is InChI=1S/C35H34NOS.C15H28O2.Ir/c1-20(2)16-23-12-13-27-29(17-23)37-22(4)32(27)34-21(3)31-30(38-34)14-15-36-33(31)25-18-24-10-8-9-11-26(24)28(19-25)35(5,6)7;1-7-14(5,8-2)12(16)11-13(17)15(6,9-3)10-4;/h8-15,17,19-20H,16H2,1-7H3;11,16H,7-10H2,1-6H3;/q-1;;/b;12-11-;. The number of carbonyl (C=O) groups excluding carboxylic acids is 1. The molecule has 301 valence electrons. The van der Waals surface area contributed by atoms with Gasteiger partial charge in [0.1, 0.15) is 17.1 Å². The van der Waals surface area contributed by atoms with Crippen molar-refractivity contribution in [3.63, 3.8) is 0 Å². The predicted octanol–water partition coefficient (Wildman–Crippen LogP) is 15.1. The Morgan fingerprint density at radius 2 is 1.54 bits per heavy atom. The number of carbonyl (C=O) groups is 1. The monoisotopic (exact) mass is 949 g/mol. The summed E-state index contributed by atoms with van der Waals surface area (Å²) < 4.78 is 7.57. The van der Waals surface area contributed by atoms with Crippen molar-refractivity contribution in [2.24, 2.45) is 16.7 Å². The van der Waals surface area contributed by atoms with E-state index >= 15 is 0 Å². The van der Waals surface area contributed by atoms with Crippen molar-refractivity contribution >= 4 is 48.9 Å². The van der Waals surface area contributed by atoms with Crippen molar-refractivity contribution in [2.75, 3.05) is 0 Å². The number of aromatic nitrogens is 1. The van der Waals surface area contributed by atoms with Gasteiger partial charge >= 0.3 is 0 Å². The third-order valence-corrected chi connectivity index (χ3v) is 13.4. The Labute approximate surface area is 353 Å². The van der Waals surface area contributed by atoms with Crippen molar-refractivity contribution in [3.05, 3.63) is 101 Å². The van der Waals surface area contributed by atoms with Crippen LogP contribution in [0.2, 0.25) is 0 Å². The molecule has 3 aromatic carbocycles. The first-order valence-corrected chi connectivity index (χ1v) is 21.0. The average Bonchev–Trinajstić information content (AvgIpc) is 3.67. The van der Waals surface area contributed by atoms with Crippen molar-refractivity contribution in [2.45, 2.75) is 128 Å². The van der Waals surface area contributed by atoms with Crippen LogP contribution in [0, 0.1) is 36.7 Å². The molecule has 0 bridgehead atoms. The largest absolute Gasteiger partial charge is 0.512 e. The van der Waals surface area contributed by atoms with E-state index in [2.05, 4.69) is 109 Å². The summed E-state index contributed by atoms with van der Waals surface area (Å²) in [5, 5.41) is 14.9. The minimum atomic E-state index is -0.337. The number of nitrogens with zero attached hydrogens (tertiary/aromatic N) is 1. The molecule has 0 fully saturated rings. The second kappa shape index (κ2) is 17.9. The summed E-state index contributed by atoms with van der Waals surface area (Å²) in [5.74, 6) is 1.87. The molecule has 0 saturated carbocycles. The summed E-state index contributed by atoms with van der Waals surface area (Å²) in [4.78, 5) is 18.4. The summed E-state index contributed by atoms with van der Waals surface area (Å²) in [7, 11) is 0. The summed E-state index contributed by atoms with van der Waals surface area (Å²) in [6.07, 6.45) is 7.75. The topological polar surface area (TPSA) is 63.3 Å². The fourth-order valence-electron chi connectivity index (χ4n) is 7.44. The number of hydrogen-bond donors (Lipinski definition) is 1. The fraction of sp³-hybridized carbons (Fsp3) is 0.440.